The predicted octanol–water partition coefficient (Wildman–Crippen LogP) is -0.276. The molecule has 2 atom stereocenters. The summed E-state index contributed by atoms with van der Waals surface area (Å²) in [7, 11) is 0. The monoisotopic (exact) mass is 304 g/mol. The molecular formula is C11H16N2O6S. The van der Waals surface area contributed by atoms with Gasteiger partial charge in [0.1, 0.15) is 12.1 Å². The van der Waals surface area contributed by atoms with Crippen molar-refractivity contribution in [2.45, 2.75) is 31.8 Å². The van der Waals surface area contributed by atoms with E-state index in [2.05, 4.69) is 15.4 Å². The lowest BCUT2D eigenvalue weighted by Gasteiger charge is -2.16. The third-order valence-electron chi connectivity index (χ3n) is 2.55. The normalized spacial score (nSPS) is 19.1. The van der Waals surface area contributed by atoms with Crippen LogP contribution >= 0.6 is 11.8 Å². The van der Waals surface area contributed by atoms with Crippen LogP contribution in [0.3, 0.4) is 0 Å². The van der Waals surface area contributed by atoms with Gasteiger partial charge in [-0.05, 0) is 13.3 Å². The molecule has 1 rings (SSSR count). The highest BCUT2D eigenvalue weighted by atomic mass is 32.2. The van der Waals surface area contributed by atoms with Crippen molar-refractivity contribution in [2.24, 2.45) is 0 Å². The van der Waals surface area contributed by atoms with Crippen LogP contribution in [0, 0.1) is 0 Å². The zero-order valence-corrected chi connectivity index (χ0v) is 11.7. The zero-order valence-electron chi connectivity index (χ0n) is 10.9. The van der Waals surface area contributed by atoms with Gasteiger partial charge in [-0.2, -0.15) is 0 Å². The van der Waals surface area contributed by atoms with E-state index in [1.54, 1.807) is 6.92 Å². The van der Waals surface area contributed by atoms with Crippen LogP contribution in [0.2, 0.25) is 0 Å². The molecule has 1 saturated heterocycles. The molecule has 0 saturated carbocycles. The summed E-state index contributed by atoms with van der Waals surface area (Å²) in [6, 6.07) is -1.92. The van der Waals surface area contributed by atoms with E-state index < -0.39 is 29.9 Å². The van der Waals surface area contributed by atoms with Crippen LogP contribution in [-0.2, 0) is 19.1 Å². The molecule has 20 heavy (non-hydrogen) atoms. The van der Waals surface area contributed by atoms with Crippen molar-refractivity contribution in [1.82, 2.24) is 10.6 Å². The Labute approximate surface area is 119 Å². The van der Waals surface area contributed by atoms with E-state index >= 15 is 0 Å². The van der Waals surface area contributed by atoms with Crippen LogP contribution in [0.1, 0.15) is 19.8 Å². The fraction of sp³-hybridized carbons (Fsp3) is 0.636. The van der Waals surface area contributed by atoms with E-state index in [0.717, 1.165) is 11.8 Å². The van der Waals surface area contributed by atoms with E-state index in [9.17, 15) is 19.2 Å². The quantitative estimate of drug-likeness (QED) is 0.553. The molecule has 8 nitrogen and oxygen atoms in total. The Hall–Kier alpha value is -1.77. The molecule has 1 aliphatic rings. The number of carbonyl (C=O) groups is 4. The van der Waals surface area contributed by atoms with Gasteiger partial charge in [0, 0.05) is 12.2 Å². The average molecular weight is 304 g/mol. The molecule has 0 bridgehead atoms. The summed E-state index contributed by atoms with van der Waals surface area (Å²) in [5.41, 5.74) is 0. The van der Waals surface area contributed by atoms with E-state index in [1.807, 2.05) is 0 Å². The van der Waals surface area contributed by atoms with Gasteiger partial charge in [0.15, 0.2) is 0 Å². The summed E-state index contributed by atoms with van der Waals surface area (Å²) in [5, 5.41) is 13.4. The number of rotatable bonds is 7. The number of carbonyl (C=O) groups excluding carboxylic acids is 3. The number of amides is 2. The number of hydrogen-bond donors (Lipinski definition) is 3. The smallest absolute Gasteiger partial charge is 0.326 e. The molecule has 1 heterocycles. The number of carboxylic acid groups (broad SMARTS) is 1. The minimum Gasteiger partial charge on any atom is -0.480 e. The Morgan fingerprint density at radius 3 is 2.75 bits per heavy atom. The van der Waals surface area contributed by atoms with Crippen LogP contribution in [-0.4, -0.2) is 52.6 Å². The molecule has 112 valence electrons. The fourth-order valence-corrected chi connectivity index (χ4v) is 2.33. The molecule has 0 aromatic heterocycles. The van der Waals surface area contributed by atoms with Crippen molar-refractivity contribution in [1.29, 1.82) is 0 Å². The summed E-state index contributed by atoms with van der Waals surface area (Å²) in [6.07, 6.45) is -0.162. The van der Waals surface area contributed by atoms with E-state index in [1.165, 1.54) is 0 Å². The number of hydrogen-bond acceptors (Lipinski definition) is 6. The van der Waals surface area contributed by atoms with Gasteiger partial charge in [0.05, 0.1) is 6.61 Å². The maximum Gasteiger partial charge on any atom is 0.326 e. The number of thioether (sulfide) groups is 1. The van der Waals surface area contributed by atoms with Crippen molar-refractivity contribution < 1.29 is 29.0 Å². The molecule has 3 N–H and O–H groups in total. The van der Waals surface area contributed by atoms with Gasteiger partial charge in [0.25, 0.3) is 5.24 Å². The van der Waals surface area contributed by atoms with Gasteiger partial charge in [-0.1, -0.05) is 11.8 Å². The molecule has 1 aliphatic heterocycles. The predicted molar refractivity (Wildman–Crippen MR) is 70.2 cm³/mol. The molecule has 2 amide bonds. The van der Waals surface area contributed by atoms with Crippen molar-refractivity contribution in [2.75, 3.05) is 12.4 Å². The number of esters is 1. The van der Waals surface area contributed by atoms with E-state index in [0.29, 0.717) is 0 Å². The van der Waals surface area contributed by atoms with Gasteiger partial charge in [-0.25, -0.2) is 4.79 Å². The Morgan fingerprint density at radius 2 is 2.25 bits per heavy atom. The highest BCUT2D eigenvalue weighted by Gasteiger charge is 2.31. The minimum absolute atomic E-state index is 0.0618. The van der Waals surface area contributed by atoms with Gasteiger partial charge in [-0.15, -0.1) is 0 Å². The van der Waals surface area contributed by atoms with Gasteiger partial charge in [0.2, 0.25) is 5.91 Å². The average Bonchev–Trinajstić information content (AvgIpc) is 2.81. The maximum absolute atomic E-state index is 11.8. The van der Waals surface area contributed by atoms with Crippen LogP contribution in [0.5, 0.6) is 0 Å². The fourth-order valence-electron chi connectivity index (χ4n) is 1.55. The Kier molecular flexibility index (Phi) is 6.29. The molecule has 9 heteroatoms. The number of aliphatic carboxylic acids is 1. The van der Waals surface area contributed by atoms with E-state index in [-0.39, 0.29) is 30.4 Å². The van der Waals surface area contributed by atoms with Crippen LogP contribution in [0.4, 0.5) is 4.79 Å². The van der Waals surface area contributed by atoms with Gasteiger partial charge < -0.3 is 20.5 Å². The summed E-state index contributed by atoms with van der Waals surface area (Å²) in [4.78, 5) is 44.9. The molecule has 1 fully saturated rings. The number of ether oxygens (including phenoxy) is 1. The van der Waals surface area contributed by atoms with Crippen LogP contribution in [0.15, 0.2) is 0 Å². The molecule has 0 aliphatic carbocycles. The third-order valence-corrected chi connectivity index (χ3v) is 3.43. The first-order valence-electron chi connectivity index (χ1n) is 6.06. The van der Waals surface area contributed by atoms with E-state index in [4.69, 9.17) is 5.11 Å². The first-order chi connectivity index (χ1) is 9.43. The van der Waals surface area contributed by atoms with Crippen LogP contribution < -0.4 is 10.6 Å². The lowest BCUT2D eigenvalue weighted by atomic mass is 10.1. The first-order valence-corrected chi connectivity index (χ1v) is 7.04. The standard InChI is InChI=1S/C11H16N2O6S/c1-2-19-8(14)4-3-6(10(16)17)12-9(15)7-5-20-11(18)13-7/h6-7H,2-5H2,1H3,(H,12,15)(H,13,18)(H,16,17)/t6-,7?/m0/s1. The second-order valence-corrected chi connectivity index (χ2v) is 5.03. The summed E-state index contributed by atoms with van der Waals surface area (Å²) >= 11 is 0.962. The highest BCUT2D eigenvalue weighted by Crippen LogP contribution is 2.13. The molecule has 1 unspecified atom stereocenters. The number of nitrogens with one attached hydrogen (secondary N) is 2. The van der Waals surface area contributed by atoms with Gasteiger partial charge >= 0.3 is 11.9 Å². The Balaban J connectivity index is 2.46. The summed E-state index contributed by atoms with van der Waals surface area (Å²) in [5.74, 6) is -2.06. The molecule has 0 radical (unpaired) electrons. The summed E-state index contributed by atoms with van der Waals surface area (Å²) < 4.78 is 4.69. The molecule has 0 aromatic carbocycles. The third kappa shape index (κ3) is 5.08. The Morgan fingerprint density at radius 1 is 1.55 bits per heavy atom. The largest absolute Gasteiger partial charge is 0.480 e. The highest BCUT2D eigenvalue weighted by molar-refractivity contribution is 8.14. The van der Waals surface area contributed by atoms with Crippen molar-refractivity contribution >= 4 is 34.8 Å². The van der Waals surface area contributed by atoms with Crippen molar-refractivity contribution in [3.8, 4) is 0 Å². The van der Waals surface area contributed by atoms with Gasteiger partial charge in [-0.3, -0.25) is 14.4 Å². The molecular weight excluding hydrogens is 288 g/mol. The van der Waals surface area contributed by atoms with Crippen molar-refractivity contribution in [3.05, 3.63) is 0 Å². The molecule has 0 spiro atoms. The first kappa shape index (κ1) is 16.3. The molecule has 0 aromatic rings. The second kappa shape index (κ2) is 7.73. The summed E-state index contributed by atoms with van der Waals surface area (Å²) in [6.45, 7) is 1.86. The maximum atomic E-state index is 11.8. The number of carboxylic acids is 1. The lowest BCUT2D eigenvalue weighted by Crippen LogP contribution is -2.49. The lowest BCUT2D eigenvalue weighted by molar-refractivity contribution is -0.145. The minimum atomic E-state index is -1.24. The second-order valence-electron chi connectivity index (χ2n) is 4.04. The van der Waals surface area contributed by atoms with Crippen molar-refractivity contribution in [3.63, 3.8) is 0 Å². The van der Waals surface area contributed by atoms with Crippen LogP contribution in [0.25, 0.3) is 0 Å². The Bertz CT molecular complexity index is 414. The SMILES string of the molecule is CCOC(=O)CC[C@H](NC(=O)C1CSC(=O)N1)C(=O)O. The zero-order chi connectivity index (χ0) is 15.1. The topological polar surface area (TPSA) is 122 Å².